The van der Waals surface area contributed by atoms with Gasteiger partial charge in [0.05, 0.1) is 12.0 Å². The third kappa shape index (κ3) is 9.32. The maximum atomic E-state index is 6.92. The van der Waals surface area contributed by atoms with Crippen LogP contribution < -0.4 is 5.73 Å². The first kappa shape index (κ1) is 41.6. The topological polar surface area (TPSA) is 72.3 Å². The van der Waals surface area contributed by atoms with E-state index in [9.17, 15) is 0 Å². The molecule has 2 aliphatic heterocycles. The zero-order chi connectivity index (χ0) is 41.7. The number of nitrogens with two attached hydrogens (primary N) is 1. The molecule has 0 amide bonds. The average Bonchev–Trinajstić information content (AvgIpc) is 3.57. The van der Waals surface area contributed by atoms with Crippen molar-refractivity contribution in [2.75, 3.05) is 13.2 Å². The lowest BCUT2D eigenvalue weighted by atomic mass is 9.66. The molecule has 0 aromatic heterocycles. The highest BCUT2D eigenvalue weighted by molar-refractivity contribution is 6.08. The number of rotatable bonds is 13. The Morgan fingerprint density at radius 3 is 2.52 bits per heavy atom. The van der Waals surface area contributed by atoms with E-state index >= 15 is 0 Å². The molecule has 0 bridgehead atoms. The van der Waals surface area contributed by atoms with E-state index in [1.807, 2.05) is 61.7 Å². The first-order valence-electron chi connectivity index (χ1n) is 21.1. The second kappa shape index (κ2) is 19.9. The Kier molecular flexibility index (Phi) is 13.8. The van der Waals surface area contributed by atoms with Gasteiger partial charge in [0.2, 0.25) is 0 Å². The van der Waals surface area contributed by atoms with Gasteiger partial charge < -0.3 is 10.5 Å². The molecule has 2 heterocycles. The highest BCUT2D eigenvalue weighted by Crippen LogP contribution is 2.57. The lowest BCUT2D eigenvalue weighted by Crippen LogP contribution is -2.31. The molecular weight excluding hydrogens is 733 g/mol. The number of nitrogens with zero attached hydrogens (tertiary/aromatic N) is 3. The van der Waals surface area contributed by atoms with Crippen LogP contribution in [0.25, 0.3) is 11.1 Å². The van der Waals surface area contributed by atoms with Crippen LogP contribution in [-0.2, 0) is 10.2 Å². The molecule has 1 spiro atoms. The maximum absolute atomic E-state index is 6.92. The van der Waals surface area contributed by atoms with Crippen molar-refractivity contribution < 1.29 is 4.74 Å². The van der Waals surface area contributed by atoms with Gasteiger partial charge in [-0.25, -0.2) is 4.99 Å². The standard InChI is InChI=1S/C55H56N4O/c1-5-8-10-12-20-41(7-3)36-40(4)54(56)59-53(27-13-11-9-6-2)58-39-42-21-18-33-55(48-25-16-14-23-46(48)47-24-15-17-26-49(47)55)50-31-30-45(38-52(50)60-35-32-42)44-29-28-43-22-19-34-57-51(43)37-44/h5-19,21-27,29,31-32,34,37-38,41,43,45H,2-4,20,28,30,33,35-36,39H2,1H3,(H2,56,58,59)/b8-5-,11-9-,12-10-,21-18-,27-13+,42-32-. The fraction of sp³-hybridized carbons (Fsp3) is 0.218. The van der Waals surface area contributed by atoms with Gasteiger partial charge in [0.1, 0.15) is 24.0 Å². The van der Waals surface area contributed by atoms with Crippen molar-refractivity contribution >= 4 is 17.9 Å². The molecule has 0 saturated carbocycles. The molecule has 2 N–H and O–H groups in total. The Balaban J connectivity index is 1.21. The largest absolute Gasteiger partial charge is 0.490 e. The van der Waals surface area contributed by atoms with Crippen molar-refractivity contribution in [2.24, 2.45) is 38.5 Å². The van der Waals surface area contributed by atoms with Crippen LogP contribution in [0.3, 0.4) is 0 Å². The van der Waals surface area contributed by atoms with Gasteiger partial charge in [-0.2, -0.15) is 0 Å². The Labute approximate surface area is 357 Å². The Morgan fingerprint density at radius 1 is 0.967 bits per heavy atom. The van der Waals surface area contributed by atoms with Crippen LogP contribution in [0.5, 0.6) is 0 Å². The fourth-order valence-corrected chi connectivity index (χ4v) is 8.70. The van der Waals surface area contributed by atoms with Crippen molar-refractivity contribution in [3.63, 3.8) is 0 Å². The van der Waals surface area contributed by atoms with Crippen LogP contribution in [0.4, 0.5) is 0 Å². The summed E-state index contributed by atoms with van der Waals surface area (Å²) < 4.78 is 6.92. The van der Waals surface area contributed by atoms with Gasteiger partial charge in [-0.1, -0.05) is 147 Å². The molecule has 60 heavy (non-hydrogen) atoms. The second-order valence-corrected chi connectivity index (χ2v) is 15.6. The molecule has 302 valence electrons. The van der Waals surface area contributed by atoms with Crippen LogP contribution in [-0.4, -0.2) is 31.0 Å². The normalized spacial score (nSPS) is 22.8. The minimum atomic E-state index is -0.425. The summed E-state index contributed by atoms with van der Waals surface area (Å²) in [7, 11) is 0. The summed E-state index contributed by atoms with van der Waals surface area (Å²) in [5.41, 5.74) is 16.8. The summed E-state index contributed by atoms with van der Waals surface area (Å²) >= 11 is 0. The molecule has 3 aliphatic carbocycles. The van der Waals surface area contributed by atoms with Gasteiger partial charge in [0, 0.05) is 29.3 Å². The van der Waals surface area contributed by atoms with Crippen molar-refractivity contribution in [3.8, 4) is 11.1 Å². The number of fused-ring (bicyclic) bond motifs is 8. The predicted molar refractivity (Wildman–Crippen MR) is 255 cm³/mol. The molecule has 5 nitrogen and oxygen atoms in total. The highest BCUT2D eigenvalue weighted by atomic mass is 16.5. The Morgan fingerprint density at radius 2 is 1.75 bits per heavy atom. The molecule has 5 aliphatic rings. The maximum Gasteiger partial charge on any atom is 0.149 e. The van der Waals surface area contributed by atoms with Gasteiger partial charge in [-0.05, 0) is 114 Å². The lowest BCUT2D eigenvalue weighted by Gasteiger charge is -2.38. The van der Waals surface area contributed by atoms with Gasteiger partial charge in [-0.15, -0.1) is 6.58 Å². The molecule has 2 aromatic carbocycles. The van der Waals surface area contributed by atoms with Gasteiger partial charge >= 0.3 is 0 Å². The molecule has 7 rings (SSSR count). The van der Waals surface area contributed by atoms with Gasteiger partial charge in [0.25, 0.3) is 0 Å². The number of ether oxygens (including phenoxy) is 1. The van der Waals surface area contributed by atoms with Crippen LogP contribution in [0, 0.1) is 17.8 Å². The van der Waals surface area contributed by atoms with E-state index in [2.05, 4.69) is 129 Å². The number of amidine groups is 2. The molecule has 0 saturated heterocycles. The smallest absolute Gasteiger partial charge is 0.149 e. The van der Waals surface area contributed by atoms with E-state index in [0.717, 1.165) is 48.3 Å². The molecule has 2 aromatic rings. The van der Waals surface area contributed by atoms with Crippen LogP contribution in [0.2, 0.25) is 0 Å². The number of hydrogen-bond acceptors (Lipinski definition) is 3. The van der Waals surface area contributed by atoms with E-state index in [4.69, 9.17) is 25.4 Å². The number of benzene rings is 2. The Bertz CT molecular complexity index is 2380. The van der Waals surface area contributed by atoms with Crippen LogP contribution in [0.1, 0.15) is 50.2 Å². The number of allylic oxidation sites excluding steroid dienone is 18. The summed E-state index contributed by atoms with van der Waals surface area (Å²) in [6, 6.07) is 17.8. The molecule has 3 atom stereocenters. The quantitative estimate of drug-likeness (QED) is 0.0950. The van der Waals surface area contributed by atoms with Crippen molar-refractivity contribution in [3.05, 3.63) is 229 Å². The zero-order valence-electron chi connectivity index (χ0n) is 34.8. The molecule has 0 fully saturated rings. The number of dihydropyridines is 1. The molecule has 3 unspecified atom stereocenters. The fourth-order valence-electron chi connectivity index (χ4n) is 8.70. The van der Waals surface area contributed by atoms with Crippen molar-refractivity contribution in [2.45, 2.75) is 44.4 Å². The summed E-state index contributed by atoms with van der Waals surface area (Å²) in [6.45, 7) is 14.9. The first-order valence-corrected chi connectivity index (χ1v) is 21.1. The lowest BCUT2D eigenvalue weighted by molar-refractivity contribution is 0.242. The third-order valence-corrected chi connectivity index (χ3v) is 11.8. The highest BCUT2D eigenvalue weighted by Gasteiger charge is 2.47. The van der Waals surface area contributed by atoms with Crippen molar-refractivity contribution in [1.29, 1.82) is 0 Å². The average molecular weight is 789 g/mol. The van der Waals surface area contributed by atoms with Gasteiger partial charge in [-0.3, -0.25) is 9.98 Å². The van der Waals surface area contributed by atoms with Crippen LogP contribution in [0.15, 0.2) is 232 Å². The van der Waals surface area contributed by atoms with E-state index in [1.165, 1.54) is 33.4 Å². The summed E-state index contributed by atoms with van der Waals surface area (Å²) in [6.07, 6.45) is 45.9. The summed E-state index contributed by atoms with van der Waals surface area (Å²) in [5, 5.41) is 0. The zero-order valence-corrected chi connectivity index (χ0v) is 34.8. The number of aliphatic imine (C=N–C) groups is 3. The third-order valence-electron chi connectivity index (χ3n) is 11.8. The Hall–Kier alpha value is -6.59. The summed E-state index contributed by atoms with van der Waals surface area (Å²) in [4.78, 5) is 14.5. The summed E-state index contributed by atoms with van der Waals surface area (Å²) in [5.74, 6) is 2.53. The number of hydrogen-bond donors (Lipinski definition) is 1. The monoisotopic (exact) mass is 788 g/mol. The van der Waals surface area contributed by atoms with E-state index in [1.54, 1.807) is 6.08 Å². The van der Waals surface area contributed by atoms with Crippen LogP contribution >= 0.6 is 0 Å². The van der Waals surface area contributed by atoms with E-state index in [0.29, 0.717) is 37.2 Å². The minimum Gasteiger partial charge on any atom is -0.490 e. The SMILES string of the molecule is C=C\C=C/C=C/C(=N/CC1=C\COC2=CC(C3=CCC4C=CC=NC4=C3)CC=C2C2(C/C=C\1)c1ccccc1-c1ccccc12)/N=C(\N)C(=C)CC(C=C)C/C=C\C=C/C. The molecule has 0 radical (unpaired) electrons. The minimum absolute atomic E-state index is 0.188. The van der Waals surface area contributed by atoms with E-state index < -0.39 is 5.41 Å². The predicted octanol–water partition coefficient (Wildman–Crippen LogP) is 12.5. The van der Waals surface area contributed by atoms with E-state index in [-0.39, 0.29) is 11.8 Å². The first-order chi connectivity index (χ1) is 29.4. The second-order valence-electron chi connectivity index (χ2n) is 15.6. The molecule has 5 heteroatoms. The molecular formula is C55H56N4O. The van der Waals surface area contributed by atoms with Gasteiger partial charge in [0.15, 0.2) is 0 Å². The van der Waals surface area contributed by atoms with Crippen molar-refractivity contribution in [1.82, 2.24) is 0 Å².